The van der Waals surface area contributed by atoms with Crippen LogP contribution in [0.15, 0.2) is 237 Å². The topological polar surface area (TPSA) is 359 Å². The Labute approximate surface area is 567 Å². The molecule has 457 valence electrons. The molecule has 0 amide bonds. The normalized spacial score (nSPS) is 10.4. The fourth-order valence-electron chi connectivity index (χ4n) is 6.99. The van der Waals surface area contributed by atoms with Gasteiger partial charge in [-0.1, -0.05) is 158 Å². The minimum atomic E-state index is -0.0518. The Bertz CT molecular complexity index is 2630. The molecule has 0 aliphatic heterocycles. The Hall–Kier alpha value is -7.18. The molecule has 0 fully saturated rings. The zero-order valence-electron chi connectivity index (χ0n) is 47.5. The quantitative estimate of drug-likeness (QED) is 0.0546. The van der Waals surface area contributed by atoms with Gasteiger partial charge in [-0.05, 0) is 57.6 Å². The minimum absolute atomic E-state index is 0. The summed E-state index contributed by atoms with van der Waals surface area (Å²) in [5.41, 5.74) is 3.39. The van der Waals surface area contributed by atoms with Gasteiger partial charge >= 0.3 is 17.1 Å². The molecule has 0 saturated heterocycles. The number of hydrogen-bond donors (Lipinski definition) is 0. The second-order valence-electron chi connectivity index (χ2n) is 17.2. The fraction of sp³-hybridized carbons (Fsp3) is 0.188. The van der Waals surface area contributed by atoms with Crippen molar-refractivity contribution < 1.29 is 132 Å². The average Bonchev–Trinajstić information content (AvgIpc) is 3.67. The van der Waals surface area contributed by atoms with Crippen molar-refractivity contribution in [2.45, 2.75) is 0 Å². The van der Waals surface area contributed by atoms with Gasteiger partial charge in [0.1, 0.15) is 0 Å². The van der Waals surface area contributed by atoms with E-state index in [1.165, 1.54) is 36.4 Å². The molecule has 0 saturated carbocycles. The zero-order valence-corrected chi connectivity index (χ0v) is 56.9. The van der Waals surface area contributed by atoms with E-state index >= 15 is 0 Å². The van der Waals surface area contributed by atoms with Gasteiger partial charge in [0, 0.05) is 164 Å². The number of hydrogen-bond acceptors (Lipinski definition) is 16. The van der Waals surface area contributed by atoms with E-state index in [9.17, 15) is 30.6 Å². The van der Waals surface area contributed by atoms with Crippen molar-refractivity contribution in [3.8, 4) is 34.5 Å². The first-order chi connectivity index (χ1) is 39.3. The summed E-state index contributed by atoms with van der Waals surface area (Å²) >= 11 is 0. The van der Waals surface area contributed by atoms with Gasteiger partial charge in [-0.3, -0.25) is 49.7 Å². The minimum Gasteiger partial charge on any atom is -2.00 e. The number of aromatic nitrogens is 2. The van der Waals surface area contributed by atoms with Gasteiger partial charge in [-0.2, -0.15) is 0 Å². The van der Waals surface area contributed by atoms with E-state index in [4.69, 9.17) is 0 Å². The van der Waals surface area contributed by atoms with E-state index in [2.05, 4.69) is 49.7 Å². The molecule has 8 rings (SSSR count). The third-order valence-electron chi connectivity index (χ3n) is 11.3. The first kappa shape index (κ1) is 84.0. The summed E-state index contributed by atoms with van der Waals surface area (Å²) in [5.74, 6) is -0.311. The molecule has 6 aromatic carbocycles. The van der Waals surface area contributed by atoms with E-state index in [1.807, 2.05) is 72.8 Å². The smallest absolute Gasteiger partial charge is 2.00 e. The van der Waals surface area contributed by atoms with E-state index in [-0.39, 0.29) is 136 Å². The fourth-order valence-corrected chi connectivity index (χ4v) is 6.99. The number of rotatable bonds is 24. The molecule has 0 unspecified atom stereocenters. The number of nitrogens with zero attached hydrogens (tertiary/aromatic N) is 10. The first-order valence-corrected chi connectivity index (χ1v) is 26.0. The Morgan fingerprint density at radius 3 is 0.552 bits per heavy atom. The molecule has 0 atom stereocenters. The molecule has 0 bridgehead atoms. The molecule has 23 heteroatoms. The van der Waals surface area contributed by atoms with E-state index < -0.39 is 0 Å². The summed E-state index contributed by atoms with van der Waals surface area (Å²) in [4.78, 5) is 38.3. The van der Waals surface area contributed by atoms with Crippen LogP contribution < -0.4 is 30.6 Å². The molecule has 0 N–H and O–H groups in total. The third-order valence-corrected chi connectivity index (χ3v) is 11.3. The molecule has 87 heavy (non-hydrogen) atoms. The van der Waals surface area contributed by atoms with Crippen molar-refractivity contribution in [3.63, 3.8) is 0 Å². The molecule has 20 nitrogen and oxygen atoms in total. The maximum atomic E-state index is 11.8. The van der Waals surface area contributed by atoms with Crippen molar-refractivity contribution in [2.24, 2.45) is 30.0 Å². The Kier molecular flexibility index (Phi) is 51.3. The van der Waals surface area contributed by atoms with Crippen LogP contribution in [-0.4, -0.2) is 136 Å². The molecule has 8 aromatic rings. The molecule has 0 spiro atoms. The van der Waals surface area contributed by atoms with Gasteiger partial charge in [0.15, 0.2) is 0 Å². The van der Waals surface area contributed by atoms with Crippen molar-refractivity contribution >= 4 is 37.3 Å². The van der Waals surface area contributed by atoms with E-state index in [0.717, 1.165) is 0 Å². The SMILES string of the molecule is [Fe+3].[O-2].[O-2].[O-2].[O-2].[O-]c1ccccc1C=NCCN(CCN=Cc1ccccc1[O-])CCN=Cc1ccccc1[O-].[O-]c1ccccc1C=NCCN(CCN=Cc1ccccc1[O-])CCN=Cc1ccccc1[O-].[U].[U].c1ccncc1.c1ccncc1. The Morgan fingerprint density at radius 2 is 0.425 bits per heavy atom. The molecule has 2 heterocycles. The number of para-hydroxylation sites is 6. The molecule has 0 aliphatic carbocycles. The number of aliphatic imine (C=N–C) groups is 6. The van der Waals surface area contributed by atoms with Crippen molar-refractivity contribution in [2.75, 3.05) is 78.5 Å². The Balaban J connectivity index is -0.00000127. The predicted molar refractivity (Wildman–Crippen MR) is 314 cm³/mol. The van der Waals surface area contributed by atoms with Gasteiger partial charge in [0.05, 0.1) is 39.3 Å². The average molecular weight is 1670 g/mol. The van der Waals surface area contributed by atoms with Crippen LogP contribution in [-0.2, 0) is 39.0 Å². The van der Waals surface area contributed by atoms with Gasteiger partial charge < -0.3 is 52.5 Å². The van der Waals surface area contributed by atoms with Crippen LogP contribution in [0.2, 0.25) is 0 Å². The zero-order chi connectivity index (χ0) is 56.5. The first-order valence-electron chi connectivity index (χ1n) is 26.0. The van der Waals surface area contributed by atoms with Crippen LogP contribution in [0.1, 0.15) is 33.4 Å². The second-order valence-corrected chi connectivity index (χ2v) is 17.2. The maximum absolute atomic E-state index is 11.8. The summed E-state index contributed by atoms with van der Waals surface area (Å²) in [5, 5.41) is 70.8. The third kappa shape index (κ3) is 36.5. The van der Waals surface area contributed by atoms with Crippen LogP contribution >= 0.6 is 0 Å². The molecule has 0 aliphatic rings. The van der Waals surface area contributed by atoms with E-state index in [1.54, 1.807) is 135 Å². The monoisotopic (exact) mass is 1660 g/mol. The molecular weight excluding hydrogens is 1600 g/mol. The molecular formula is C64H64FeN10O10U2-11. The standard InChI is InChI=1S/2C27H30N4O3.2C5H5N.Fe.4O.2U/c2*32-25-10-4-1-7-22(25)19-28-13-16-31(17-14-29-20-23-8-2-5-11-26(23)33)18-15-30-21-24-9-3-6-12-27(24)34;2*1-2-4-6-5-3-1;;;;;;;/h2*1-12,19-21,32-34H,13-18H2;2*1-5H;;;;;;;/q;;;;+3;4*-2;;/p-6. The predicted octanol–water partition coefficient (Wildman–Crippen LogP) is 5.42. The van der Waals surface area contributed by atoms with Crippen LogP contribution in [0, 0.1) is 62.2 Å². The van der Waals surface area contributed by atoms with Gasteiger partial charge in [-0.25, -0.2) is 0 Å². The van der Waals surface area contributed by atoms with Gasteiger partial charge in [-0.15, -0.1) is 34.5 Å². The Morgan fingerprint density at radius 1 is 0.264 bits per heavy atom. The number of benzene rings is 6. The maximum Gasteiger partial charge on any atom is 3.00 e. The largest absolute Gasteiger partial charge is 3.00 e. The van der Waals surface area contributed by atoms with Crippen molar-refractivity contribution in [3.05, 3.63) is 240 Å². The second kappa shape index (κ2) is 53.1. The summed E-state index contributed by atoms with van der Waals surface area (Å²) in [6.45, 7) is 7.13. The summed E-state index contributed by atoms with van der Waals surface area (Å²) < 4.78 is 0. The number of pyridine rings is 2. The van der Waals surface area contributed by atoms with Gasteiger partial charge in [0.25, 0.3) is 0 Å². The summed E-state index contributed by atoms with van der Waals surface area (Å²) in [6, 6.07) is 52.1. The van der Waals surface area contributed by atoms with Gasteiger partial charge in [0.2, 0.25) is 0 Å². The molecule has 1 radical (unpaired) electrons. The summed E-state index contributed by atoms with van der Waals surface area (Å²) in [6.07, 6.45) is 16.6. The van der Waals surface area contributed by atoms with Crippen LogP contribution in [0.3, 0.4) is 0 Å². The van der Waals surface area contributed by atoms with Crippen LogP contribution in [0.5, 0.6) is 34.5 Å². The van der Waals surface area contributed by atoms with E-state index in [0.29, 0.717) is 112 Å². The van der Waals surface area contributed by atoms with Crippen molar-refractivity contribution in [1.82, 2.24) is 19.8 Å². The van der Waals surface area contributed by atoms with Crippen LogP contribution in [0.25, 0.3) is 0 Å². The summed E-state index contributed by atoms with van der Waals surface area (Å²) in [7, 11) is 0. The van der Waals surface area contributed by atoms with Crippen LogP contribution in [0.4, 0.5) is 0 Å². The van der Waals surface area contributed by atoms with Crippen molar-refractivity contribution in [1.29, 1.82) is 0 Å². The molecule has 2 aromatic heterocycles.